The fourth-order valence-corrected chi connectivity index (χ4v) is 3.71. The number of piperazine rings is 1. The molecule has 6 heteroatoms. The van der Waals surface area contributed by atoms with E-state index in [1.165, 1.54) is 0 Å². The van der Waals surface area contributed by atoms with Gasteiger partial charge in [0.1, 0.15) is 5.75 Å². The van der Waals surface area contributed by atoms with Crippen LogP contribution >= 0.6 is 0 Å². The van der Waals surface area contributed by atoms with Gasteiger partial charge in [0.15, 0.2) is 0 Å². The Kier molecular flexibility index (Phi) is 5.04. The molecular weight excluding hydrogens is 314 g/mol. The van der Waals surface area contributed by atoms with Gasteiger partial charge in [-0.25, -0.2) is 8.78 Å². The van der Waals surface area contributed by atoms with E-state index in [9.17, 15) is 13.6 Å². The van der Waals surface area contributed by atoms with E-state index in [0.717, 1.165) is 17.9 Å². The molecule has 1 N–H and O–H groups in total. The van der Waals surface area contributed by atoms with Crippen LogP contribution in [-0.2, 0) is 4.79 Å². The maximum absolute atomic E-state index is 13.4. The zero-order valence-corrected chi connectivity index (χ0v) is 13.9. The van der Waals surface area contributed by atoms with Crippen molar-refractivity contribution in [3.8, 4) is 5.75 Å². The lowest BCUT2D eigenvalue weighted by Gasteiger charge is -2.40. The van der Waals surface area contributed by atoms with Gasteiger partial charge < -0.3 is 15.0 Å². The van der Waals surface area contributed by atoms with Crippen molar-refractivity contribution >= 4 is 5.91 Å². The number of hydrogen-bond donors (Lipinski definition) is 1. The van der Waals surface area contributed by atoms with Crippen LogP contribution in [0.25, 0.3) is 0 Å². The summed E-state index contributed by atoms with van der Waals surface area (Å²) >= 11 is 0. The van der Waals surface area contributed by atoms with E-state index in [2.05, 4.69) is 5.32 Å². The van der Waals surface area contributed by atoms with Gasteiger partial charge in [0, 0.05) is 44.0 Å². The van der Waals surface area contributed by atoms with Gasteiger partial charge in [-0.3, -0.25) is 4.79 Å². The van der Waals surface area contributed by atoms with E-state index in [4.69, 9.17) is 4.74 Å². The minimum absolute atomic E-state index is 0.00269. The summed E-state index contributed by atoms with van der Waals surface area (Å²) in [6.07, 6.45) is 0.173. The molecule has 132 valence electrons. The Balaban J connectivity index is 1.78. The molecule has 1 aromatic carbocycles. The topological polar surface area (TPSA) is 41.6 Å². The monoisotopic (exact) mass is 338 g/mol. The average molecular weight is 338 g/mol. The third-order valence-electron chi connectivity index (χ3n) is 5.09. The molecule has 1 aliphatic carbocycles. The van der Waals surface area contributed by atoms with Gasteiger partial charge in [0.05, 0.1) is 13.2 Å². The van der Waals surface area contributed by atoms with E-state index in [-0.39, 0.29) is 43.6 Å². The van der Waals surface area contributed by atoms with Crippen LogP contribution in [0, 0.1) is 5.92 Å². The highest BCUT2D eigenvalue weighted by molar-refractivity contribution is 5.79. The van der Waals surface area contributed by atoms with E-state index < -0.39 is 5.92 Å². The molecule has 0 aromatic heterocycles. The van der Waals surface area contributed by atoms with Crippen molar-refractivity contribution in [3.05, 3.63) is 29.8 Å². The summed E-state index contributed by atoms with van der Waals surface area (Å²) in [6, 6.07) is 7.55. The smallest absolute Gasteiger partial charge is 0.248 e. The normalized spacial score (nSPS) is 24.6. The Bertz CT molecular complexity index is 584. The molecular formula is C18H24F2N2O2. The first-order valence-electron chi connectivity index (χ1n) is 8.54. The van der Waals surface area contributed by atoms with E-state index in [0.29, 0.717) is 13.1 Å². The maximum Gasteiger partial charge on any atom is 0.248 e. The molecule has 1 saturated heterocycles. The van der Waals surface area contributed by atoms with Gasteiger partial charge in [0.25, 0.3) is 0 Å². The number of carbonyl (C=O) groups is 1. The third-order valence-corrected chi connectivity index (χ3v) is 5.09. The van der Waals surface area contributed by atoms with Gasteiger partial charge in [-0.05, 0) is 18.9 Å². The van der Waals surface area contributed by atoms with Gasteiger partial charge in [-0.1, -0.05) is 18.2 Å². The summed E-state index contributed by atoms with van der Waals surface area (Å²) in [5.41, 5.74) is 0.960. The zero-order chi connectivity index (χ0) is 17.2. The number of para-hydroxylation sites is 1. The number of rotatable bonds is 3. The number of methoxy groups -OCH3 is 1. The minimum Gasteiger partial charge on any atom is -0.496 e. The largest absolute Gasteiger partial charge is 0.496 e. The van der Waals surface area contributed by atoms with Gasteiger partial charge >= 0.3 is 0 Å². The summed E-state index contributed by atoms with van der Waals surface area (Å²) in [5, 5.41) is 3.32. The Labute approximate surface area is 141 Å². The van der Waals surface area contributed by atoms with E-state index in [1.807, 2.05) is 29.2 Å². The number of benzene rings is 1. The molecule has 1 atom stereocenters. The van der Waals surface area contributed by atoms with Crippen molar-refractivity contribution in [3.63, 3.8) is 0 Å². The molecule has 1 amide bonds. The molecule has 0 spiro atoms. The predicted octanol–water partition coefficient (Wildman–Crippen LogP) is 2.99. The highest BCUT2D eigenvalue weighted by Gasteiger charge is 2.40. The highest BCUT2D eigenvalue weighted by atomic mass is 19.3. The molecule has 1 aliphatic heterocycles. The molecule has 1 heterocycles. The van der Waals surface area contributed by atoms with Gasteiger partial charge in [-0.15, -0.1) is 0 Å². The highest BCUT2D eigenvalue weighted by Crippen LogP contribution is 2.38. The summed E-state index contributed by atoms with van der Waals surface area (Å²) in [5.74, 6) is -2.15. The second-order valence-electron chi connectivity index (χ2n) is 6.62. The lowest BCUT2D eigenvalue weighted by molar-refractivity contribution is -0.143. The molecule has 1 aromatic rings. The molecule has 1 saturated carbocycles. The van der Waals surface area contributed by atoms with E-state index >= 15 is 0 Å². The van der Waals surface area contributed by atoms with Crippen molar-refractivity contribution in [1.29, 1.82) is 0 Å². The number of nitrogens with one attached hydrogen (secondary N) is 1. The molecule has 0 bridgehead atoms. The van der Waals surface area contributed by atoms with Crippen LogP contribution in [0.3, 0.4) is 0 Å². The number of alkyl halides is 2. The van der Waals surface area contributed by atoms with Crippen LogP contribution in [0.1, 0.15) is 37.3 Å². The quantitative estimate of drug-likeness (QED) is 0.921. The molecule has 3 rings (SSSR count). The molecule has 4 nitrogen and oxygen atoms in total. The second-order valence-corrected chi connectivity index (χ2v) is 6.62. The fourth-order valence-electron chi connectivity index (χ4n) is 3.71. The standard InChI is InChI=1S/C18H24F2N2O2/c1-24-16-5-3-2-4-14(16)15-12-21-10-11-22(15)17(23)13-6-8-18(19,20)9-7-13/h2-5,13,15,21H,6-12H2,1H3. The summed E-state index contributed by atoms with van der Waals surface area (Å²) < 4.78 is 32.2. The van der Waals surface area contributed by atoms with Gasteiger partial charge in [-0.2, -0.15) is 0 Å². The Morgan fingerprint density at radius 2 is 2.00 bits per heavy atom. The summed E-state index contributed by atoms with van der Waals surface area (Å²) in [6.45, 7) is 1.96. The molecule has 2 aliphatic rings. The first kappa shape index (κ1) is 17.1. The van der Waals surface area contributed by atoms with Crippen LogP contribution in [-0.4, -0.2) is 43.5 Å². The van der Waals surface area contributed by atoms with Crippen molar-refractivity contribution in [2.75, 3.05) is 26.7 Å². The fraction of sp³-hybridized carbons (Fsp3) is 0.611. The second kappa shape index (κ2) is 7.05. The number of carbonyl (C=O) groups excluding carboxylic acids is 1. The average Bonchev–Trinajstić information content (AvgIpc) is 2.61. The Morgan fingerprint density at radius 3 is 2.71 bits per heavy atom. The van der Waals surface area contributed by atoms with Crippen LogP contribution in [0.2, 0.25) is 0 Å². The van der Waals surface area contributed by atoms with Crippen molar-refractivity contribution < 1.29 is 18.3 Å². The van der Waals surface area contributed by atoms with Crippen molar-refractivity contribution in [2.24, 2.45) is 5.92 Å². The van der Waals surface area contributed by atoms with Crippen LogP contribution in [0.4, 0.5) is 8.78 Å². The van der Waals surface area contributed by atoms with Gasteiger partial charge in [0.2, 0.25) is 11.8 Å². The summed E-state index contributed by atoms with van der Waals surface area (Å²) in [7, 11) is 1.62. The number of nitrogens with zero attached hydrogens (tertiary/aromatic N) is 1. The lowest BCUT2D eigenvalue weighted by atomic mass is 9.85. The van der Waals surface area contributed by atoms with E-state index in [1.54, 1.807) is 7.11 Å². The molecule has 0 radical (unpaired) electrons. The number of ether oxygens (including phenoxy) is 1. The molecule has 24 heavy (non-hydrogen) atoms. The summed E-state index contributed by atoms with van der Waals surface area (Å²) in [4.78, 5) is 14.8. The third kappa shape index (κ3) is 3.53. The Hall–Kier alpha value is -1.69. The first-order valence-corrected chi connectivity index (χ1v) is 8.54. The number of hydrogen-bond acceptors (Lipinski definition) is 3. The van der Waals surface area contributed by atoms with Crippen LogP contribution in [0.15, 0.2) is 24.3 Å². The Morgan fingerprint density at radius 1 is 1.29 bits per heavy atom. The zero-order valence-electron chi connectivity index (χ0n) is 13.9. The van der Waals surface area contributed by atoms with Crippen LogP contribution < -0.4 is 10.1 Å². The first-order chi connectivity index (χ1) is 11.5. The predicted molar refractivity (Wildman–Crippen MR) is 87.2 cm³/mol. The van der Waals surface area contributed by atoms with Crippen molar-refractivity contribution in [1.82, 2.24) is 10.2 Å². The lowest BCUT2D eigenvalue weighted by Crippen LogP contribution is -2.51. The number of halogens is 2. The maximum atomic E-state index is 13.4. The minimum atomic E-state index is -2.61. The SMILES string of the molecule is COc1ccccc1C1CNCCN1C(=O)C1CCC(F)(F)CC1. The molecule has 1 unspecified atom stereocenters. The molecule has 2 fully saturated rings. The van der Waals surface area contributed by atoms with Crippen molar-refractivity contribution in [2.45, 2.75) is 37.6 Å². The number of amides is 1. The van der Waals surface area contributed by atoms with Crippen LogP contribution in [0.5, 0.6) is 5.75 Å².